The van der Waals surface area contributed by atoms with Crippen LogP contribution in [0.15, 0.2) is 113 Å². The first-order valence-corrected chi connectivity index (χ1v) is 14.6. The van der Waals surface area contributed by atoms with E-state index in [0.29, 0.717) is 17.0 Å². The standard InChI is InChI=1S/C37H38N2O5/c1-22-31(33-27(40)18-25(19-28(33)41)38(36(2,3)4)23-14-10-8-11-15-23)35(44)32(22)34-29(42)20-26(21-30(34)43)39(37(5,6)7)24-16-12-9-13-17-24/h8-21H,1-7H3,(H3,40,41,42,43)/p+1. The summed E-state index contributed by atoms with van der Waals surface area (Å²) in [7, 11) is 0. The van der Waals surface area contributed by atoms with Crippen molar-refractivity contribution in [2.75, 3.05) is 4.90 Å². The molecule has 7 nitrogen and oxygen atoms in total. The van der Waals surface area contributed by atoms with Crippen LogP contribution in [-0.2, 0) is 4.79 Å². The Bertz CT molecular complexity index is 1770. The minimum absolute atomic E-state index is 0.0144. The van der Waals surface area contributed by atoms with E-state index in [-0.39, 0.29) is 45.3 Å². The Labute approximate surface area is 258 Å². The fourth-order valence-electron chi connectivity index (χ4n) is 6.10. The SMILES string of the molecule is CC1=C(c2c(O)cc(N(c3ccccc3)C(C)(C)C)cc2O)C(=O)C1=C1C(O)=CC(=[N+](c2ccccc2)C(C)(C)C)C=C1O. The molecule has 44 heavy (non-hydrogen) atoms. The van der Waals surface area contributed by atoms with E-state index >= 15 is 0 Å². The molecular formula is C37H39N2O5+. The molecule has 0 amide bonds. The highest BCUT2D eigenvalue weighted by atomic mass is 16.3. The number of ketones is 1. The quantitative estimate of drug-likeness (QED) is 0.180. The zero-order chi connectivity index (χ0) is 32.1. The highest BCUT2D eigenvalue weighted by Gasteiger charge is 2.41. The first-order valence-electron chi connectivity index (χ1n) is 14.6. The fourth-order valence-corrected chi connectivity index (χ4v) is 6.10. The molecule has 0 saturated heterocycles. The average molecular weight is 592 g/mol. The van der Waals surface area contributed by atoms with Gasteiger partial charge in [0.25, 0.3) is 0 Å². The van der Waals surface area contributed by atoms with Crippen LogP contribution in [0, 0.1) is 0 Å². The van der Waals surface area contributed by atoms with Gasteiger partial charge in [-0.3, -0.25) is 4.79 Å². The molecule has 0 aliphatic heterocycles. The number of phenols is 2. The highest BCUT2D eigenvalue weighted by Crippen LogP contribution is 2.49. The highest BCUT2D eigenvalue weighted by molar-refractivity contribution is 6.41. The van der Waals surface area contributed by atoms with E-state index < -0.39 is 16.9 Å². The Balaban J connectivity index is 1.59. The Morgan fingerprint density at radius 1 is 0.659 bits per heavy atom. The van der Waals surface area contributed by atoms with E-state index in [0.717, 1.165) is 11.4 Å². The molecule has 7 heteroatoms. The molecule has 2 aliphatic rings. The lowest BCUT2D eigenvalue weighted by Crippen LogP contribution is -2.37. The van der Waals surface area contributed by atoms with Crippen LogP contribution in [0.3, 0.4) is 0 Å². The van der Waals surface area contributed by atoms with Crippen LogP contribution in [0.4, 0.5) is 17.1 Å². The van der Waals surface area contributed by atoms with Crippen molar-refractivity contribution in [2.45, 2.75) is 59.5 Å². The molecule has 0 spiro atoms. The van der Waals surface area contributed by atoms with Gasteiger partial charge in [0.05, 0.1) is 23.3 Å². The topological polar surface area (TPSA) is 104 Å². The maximum atomic E-state index is 13.6. The van der Waals surface area contributed by atoms with Gasteiger partial charge in [0.15, 0.2) is 11.3 Å². The van der Waals surface area contributed by atoms with E-state index in [4.69, 9.17) is 0 Å². The molecule has 0 radical (unpaired) electrons. The molecule has 0 unspecified atom stereocenters. The number of aromatic hydroxyl groups is 2. The van der Waals surface area contributed by atoms with Crippen molar-refractivity contribution < 1.29 is 29.8 Å². The molecule has 0 aromatic heterocycles. The van der Waals surface area contributed by atoms with Gasteiger partial charge in [0, 0.05) is 73.1 Å². The van der Waals surface area contributed by atoms with Gasteiger partial charge < -0.3 is 25.3 Å². The molecular weight excluding hydrogens is 552 g/mol. The third kappa shape index (κ3) is 5.30. The molecule has 4 N–H and O–H groups in total. The number of hydrogen-bond acceptors (Lipinski definition) is 6. The van der Waals surface area contributed by atoms with Gasteiger partial charge in [-0.15, -0.1) is 0 Å². The summed E-state index contributed by atoms with van der Waals surface area (Å²) in [6, 6.07) is 22.4. The van der Waals surface area contributed by atoms with Crippen LogP contribution in [0.1, 0.15) is 54.0 Å². The molecule has 2 aliphatic carbocycles. The molecule has 3 aromatic rings. The lowest BCUT2D eigenvalue weighted by Gasteiger charge is -2.38. The summed E-state index contributed by atoms with van der Waals surface area (Å²) in [6.45, 7) is 13.8. The lowest BCUT2D eigenvalue weighted by atomic mass is 9.74. The molecule has 0 bridgehead atoms. The number of para-hydroxylation sites is 2. The summed E-state index contributed by atoms with van der Waals surface area (Å²) in [5.74, 6) is -1.50. The number of Topliss-reactive ketones (excluding diaryl/α,β-unsaturated/α-hetero) is 1. The fraction of sp³-hybridized carbons (Fsp3) is 0.243. The predicted molar refractivity (Wildman–Crippen MR) is 175 cm³/mol. The lowest BCUT2D eigenvalue weighted by molar-refractivity contribution is -0.518. The Kier molecular flexibility index (Phi) is 7.54. The van der Waals surface area contributed by atoms with Gasteiger partial charge in [-0.1, -0.05) is 36.4 Å². The van der Waals surface area contributed by atoms with E-state index in [1.807, 2.05) is 112 Å². The van der Waals surface area contributed by atoms with E-state index in [1.165, 1.54) is 24.3 Å². The number of carbonyl (C=O) groups excluding carboxylic acids is 1. The van der Waals surface area contributed by atoms with Crippen molar-refractivity contribution in [3.05, 3.63) is 119 Å². The smallest absolute Gasteiger partial charge is 0.213 e. The molecule has 0 saturated carbocycles. The van der Waals surface area contributed by atoms with Gasteiger partial charge in [-0.2, -0.15) is 4.58 Å². The molecule has 226 valence electrons. The van der Waals surface area contributed by atoms with Crippen LogP contribution in [0.5, 0.6) is 11.5 Å². The number of allylic oxidation sites excluding steroid dienone is 5. The maximum Gasteiger partial charge on any atom is 0.213 e. The van der Waals surface area contributed by atoms with Gasteiger partial charge >= 0.3 is 0 Å². The van der Waals surface area contributed by atoms with Crippen molar-refractivity contribution in [1.82, 2.24) is 0 Å². The van der Waals surface area contributed by atoms with Crippen LogP contribution in [0.25, 0.3) is 5.57 Å². The number of phenolic OH excluding ortho intramolecular Hbond substituents is 2. The summed E-state index contributed by atoms with van der Waals surface area (Å²) in [4.78, 5) is 15.6. The van der Waals surface area contributed by atoms with E-state index in [2.05, 4.69) is 0 Å². The second kappa shape index (κ2) is 10.9. The van der Waals surface area contributed by atoms with E-state index in [9.17, 15) is 25.2 Å². The third-order valence-electron chi connectivity index (χ3n) is 7.75. The van der Waals surface area contributed by atoms with Crippen molar-refractivity contribution >= 4 is 34.1 Å². The number of carbonyl (C=O) groups is 1. The summed E-state index contributed by atoms with van der Waals surface area (Å²) in [5.41, 5.74) is 2.82. The maximum absolute atomic E-state index is 13.6. The second-order valence-electron chi connectivity index (χ2n) is 13.1. The summed E-state index contributed by atoms with van der Waals surface area (Å²) in [5, 5.41) is 44.7. The number of aliphatic hydroxyl groups is 2. The van der Waals surface area contributed by atoms with Crippen LogP contribution in [0.2, 0.25) is 0 Å². The minimum atomic E-state index is -0.495. The van der Waals surface area contributed by atoms with Crippen LogP contribution < -0.4 is 4.90 Å². The number of rotatable bonds is 4. The monoisotopic (exact) mass is 591 g/mol. The molecule has 0 atom stereocenters. The number of hydrogen-bond donors (Lipinski definition) is 4. The molecule has 5 rings (SSSR count). The molecule has 3 aromatic carbocycles. The molecule has 0 fully saturated rings. The molecule has 0 heterocycles. The van der Waals surface area contributed by atoms with Gasteiger partial charge in [-0.25, -0.2) is 0 Å². The van der Waals surface area contributed by atoms with Gasteiger partial charge in [0.1, 0.15) is 23.0 Å². The normalized spacial score (nSPS) is 15.6. The van der Waals surface area contributed by atoms with Crippen molar-refractivity contribution in [3.8, 4) is 11.5 Å². The van der Waals surface area contributed by atoms with Gasteiger partial charge in [-0.05, 0) is 45.4 Å². The van der Waals surface area contributed by atoms with Crippen molar-refractivity contribution in [3.63, 3.8) is 0 Å². The average Bonchev–Trinajstić information content (AvgIpc) is 2.92. The van der Waals surface area contributed by atoms with Crippen molar-refractivity contribution in [1.29, 1.82) is 0 Å². The zero-order valence-electron chi connectivity index (χ0n) is 26.2. The van der Waals surface area contributed by atoms with Crippen molar-refractivity contribution in [2.24, 2.45) is 0 Å². The number of aliphatic hydroxyl groups excluding tert-OH is 2. The number of nitrogens with zero attached hydrogens (tertiary/aromatic N) is 2. The largest absolute Gasteiger partial charge is 0.507 e. The Morgan fingerprint density at radius 2 is 1.16 bits per heavy atom. The zero-order valence-corrected chi connectivity index (χ0v) is 26.2. The first-order chi connectivity index (χ1) is 20.6. The summed E-state index contributed by atoms with van der Waals surface area (Å²) >= 11 is 0. The summed E-state index contributed by atoms with van der Waals surface area (Å²) in [6.07, 6.45) is 3.07. The summed E-state index contributed by atoms with van der Waals surface area (Å²) < 4.78 is 1.99. The van der Waals surface area contributed by atoms with Crippen LogP contribution in [-0.4, -0.2) is 47.6 Å². The first kappa shape index (κ1) is 30.4. The number of benzene rings is 3. The minimum Gasteiger partial charge on any atom is -0.507 e. The van der Waals surface area contributed by atoms with Gasteiger partial charge in [0.2, 0.25) is 11.4 Å². The van der Waals surface area contributed by atoms with E-state index in [1.54, 1.807) is 6.92 Å². The Hall–Kier alpha value is -5.04. The predicted octanol–water partition coefficient (Wildman–Crippen LogP) is 8.17. The van der Waals surface area contributed by atoms with Crippen LogP contribution >= 0.6 is 0 Å². The third-order valence-corrected chi connectivity index (χ3v) is 7.75. The Morgan fingerprint density at radius 3 is 1.61 bits per heavy atom. The second-order valence-corrected chi connectivity index (χ2v) is 13.1. The number of anilines is 2.